The molecule has 12 heavy (non-hydrogen) atoms. The van der Waals surface area contributed by atoms with Crippen LogP contribution in [0.4, 0.5) is 4.39 Å². The summed E-state index contributed by atoms with van der Waals surface area (Å²) in [5, 5.41) is 0. The lowest BCUT2D eigenvalue weighted by atomic mass is 10.5. The number of hydrogen-bond donors (Lipinski definition) is 0. The molecule has 0 N–H and O–H groups in total. The molecule has 0 radical (unpaired) electrons. The molecule has 0 spiro atoms. The van der Waals surface area contributed by atoms with Crippen LogP contribution in [0, 0.1) is 0 Å². The molecule has 1 nitrogen and oxygen atoms in total. The Morgan fingerprint density at radius 3 is 1.08 bits per heavy atom. The third-order valence-corrected chi connectivity index (χ3v) is 0. The normalized spacial score (nSPS) is 6.50. The maximum Gasteiger partial charge on any atom is 0.0945 e. The van der Waals surface area contributed by atoms with Gasteiger partial charge in [0.15, 0.2) is 0 Å². The van der Waals surface area contributed by atoms with Gasteiger partial charge in [-0.3, -0.25) is 0 Å². The molecule has 0 fully saturated rings. The molecule has 0 saturated carbocycles. The quantitative estimate of drug-likeness (QED) is 0.548. The van der Waals surface area contributed by atoms with E-state index in [1.54, 1.807) is 14.2 Å². The van der Waals surface area contributed by atoms with Crippen LogP contribution in [0.25, 0.3) is 0 Å². The van der Waals surface area contributed by atoms with Crippen LogP contribution >= 0.6 is 0 Å². The number of methoxy groups -OCH3 is 1. The van der Waals surface area contributed by atoms with Gasteiger partial charge in [0, 0.05) is 14.2 Å². The molecule has 2 heteroatoms. The second-order valence-electron chi connectivity index (χ2n) is 2.13. The topological polar surface area (TPSA) is 9.23 Å². The standard InChI is InChI=1S/C3H7F.C3H8.C2H6O.C2H6/c1-3(2)4;2*1-3-2;1-2/h3H,1-2H3;3H2,1-2H3;1-2H3;1-2H3. The van der Waals surface area contributed by atoms with Crippen LogP contribution in [0.2, 0.25) is 0 Å². The average Bonchev–Trinajstić information content (AvgIpc) is 1.92. The fourth-order valence-electron chi connectivity index (χ4n) is 0. The number of alkyl halides is 1. The highest BCUT2D eigenvalue weighted by Gasteiger charge is 1.73. The molecule has 0 rings (SSSR count). The summed E-state index contributed by atoms with van der Waals surface area (Å²) < 4.78 is 15.2. The van der Waals surface area contributed by atoms with E-state index in [-0.39, 0.29) is 0 Å². The summed E-state index contributed by atoms with van der Waals surface area (Å²) in [7, 11) is 3.25. The number of halogens is 1. The molecule has 80 valence electrons. The summed E-state index contributed by atoms with van der Waals surface area (Å²) in [4.78, 5) is 0. The Labute approximate surface area is 78.3 Å². The minimum atomic E-state index is -0.667. The van der Waals surface area contributed by atoms with Gasteiger partial charge < -0.3 is 4.74 Å². The number of hydrogen-bond acceptors (Lipinski definition) is 1. The first-order valence-corrected chi connectivity index (χ1v) is 4.60. The van der Waals surface area contributed by atoms with Gasteiger partial charge in [-0.2, -0.15) is 0 Å². The largest absolute Gasteiger partial charge is 0.388 e. The predicted octanol–water partition coefficient (Wildman–Crippen LogP) is 4.07. The Balaban J connectivity index is -0.0000000368. The third-order valence-electron chi connectivity index (χ3n) is 0. The number of rotatable bonds is 0. The van der Waals surface area contributed by atoms with E-state index in [1.165, 1.54) is 20.3 Å². The maximum absolute atomic E-state index is 11.0. The van der Waals surface area contributed by atoms with Crippen molar-refractivity contribution in [3.8, 4) is 0 Å². The fourth-order valence-corrected chi connectivity index (χ4v) is 0. The van der Waals surface area contributed by atoms with Crippen LogP contribution in [-0.2, 0) is 4.74 Å². The zero-order valence-corrected chi connectivity index (χ0v) is 10.1. The zero-order chi connectivity index (χ0) is 11.0. The van der Waals surface area contributed by atoms with E-state index in [0.29, 0.717) is 0 Å². The van der Waals surface area contributed by atoms with E-state index in [9.17, 15) is 4.39 Å². The molecule has 0 amide bonds. The van der Waals surface area contributed by atoms with Crippen molar-refractivity contribution in [2.24, 2.45) is 0 Å². The second kappa shape index (κ2) is 44.5. The molecule has 0 unspecified atom stereocenters. The Bertz CT molecular complexity index is 26.3. The monoisotopic (exact) mass is 182 g/mol. The van der Waals surface area contributed by atoms with Gasteiger partial charge in [0.1, 0.15) is 0 Å². The van der Waals surface area contributed by atoms with E-state index >= 15 is 0 Å². The minimum absolute atomic E-state index is 0.667. The molecule has 0 bridgehead atoms. The van der Waals surface area contributed by atoms with Crippen LogP contribution in [0.5, 0.6) is 0 Å². The summed E-state index contributed by atoms with van der Waals surface area (Å²) >= 11 is 0. The molecular weight excluding hydrogens is 155 g/mol. The summed E-state index contributed by atoms with van der Waals surface area (Å²) in [5.41, 5.74) is 0. The van der Waals surface area contributed by atoms with Crippen molar-refractivity contribution >= 4 is 0 Å². The number of ether oxygens (including phenoxy) is 1. The van der Waals surface area contributed by atoms with E-state index in [0.717, 1.165) is 0 Å². The van der Waals surface area contributed by atoms with Crippen LogP contribution < -0.4 is 0 Å². The molecule has 0 aromatic rings. The van der Waals surface area contributed by atoms with Gasteiger partial charge in [-0.05, 0) is 13.8 Å². The highest BCUT2D eigenvalue weighted by atomic mass is 19.1. The van der Waals surface area contributed by atoms with Crippen LogP contribution in [0.15, 0.2) is 0 Å². The molecule has 0 aliphatic carbocycles. The van der Waals surface area contributed by atoms with Crippen molar-refractivity contribution < 1.29 is 9.13 Å². The first kappa shape index (κ1) is 22.7. The van der Waals surface area contributed by atoms with Crippen molar-refractivity contribution in [1.29, 1.82) is 0 Å². The van der Waals surface area contributed by atoms with Crippen LogP contribution in [0.1, 0.15) is 48.0 Å². The highest BCUT2D eigenvalue weighted by Crippen LogP contribution is 1.77. The molecule has 0 saturated heterocycles. The minimum Gasteiger partial charge on any atom is -0.388 e. The summed E-state index contributed by atoms with van der Waals surface area (Å²) in [6.07, 6.45) is 0.583. The van der Waals surface area contributed by atoms with Crippen molar-refractivity contribution in [2.75, 3.05) is 14.2 Å². The summed E-state index contributed by atoms with van der Waals surface area (Å²) in [5.74, 6) is 0. The van der Waals surface area contributed by atoms with Crippen LogP contribution in [0.3, 0.4) is 0 Å². The van der Waals surface area contributed by atoms with Crippen molar-refractivity contribution in [2.45, 2.75) is 54.1 Å². The van der Waals surface area contributed by atoms with Gasteiger partial charge in [0.25, 0.3) is 0 Å². The van der Waals surface area contributed by atoms with E-state index in [4.69, 9.17) is 0 Å². The third kappa shape index (κ3) is 64600. The lowest BCUT2D eigenvalue weighted by Gasteiger charge is -1.74. The summed E-state index contributed by atoms with van der Waals surface area (Å²) in [6.45, 7) is 11.2. The lowest BCUT2D eigenvalue weighted by molar-refractivity contribution is 0.277. The molecule has 0 aromatic carbocycles. The molecule has 0 aromatic heterocycles. The van der Waals surface area contributed by atoms with Gasteiger partial charge in [-0.25, -0.2) is 4.39 Å². The Morgan fingerprint density at radius 1 is 1.08 bits per heavy atom. The lowest BCUT2D eigenvalue weighted by Crippen LogP contribution is -1.73. The molecule has 0 aliphatic heterocycles. The Morgan fingerprint density at radius 2 is 1.08 bits per heavy atom. The van der Waals surface area contributed by atoms with Gasteiger partial charge in [0.2, 0.25) is 0 Å². The zero-order valence-electron chi connectivity index (χ0n) is 10.1. The Hall–Kier alpha value is -0.110. The van der Waals surface area contributed by atoms with Crippen LogP contribution in [-0.4, -0.2) is 20.4 Å². The smallest absolute Gasteiger partial charge is 0.0945 e. The summed E-state index contributed by atoms with van der Waals surface area (Å²) in [6, 6.07) is 0. The predicted molar refractivity (Wildman–Crippen MR) is 56.5 cm³/mol. The average molecular weight is 182 g/mol. The van der Waals surface area contributed by atoms with Crippen molar-refractivity contribution in [1.82, 2.24) is 0 Å². The SMILES string of the molecule is CC.CC(C)F.CCC.COC. The highest BCUT2D eigenvalue weighted by molar-refractivity contribution is 4.22. The van der Waals surface area contributed by atoms with Gasteiger partial charge in [0.05, 0.1) is 6.17 Å². The van der Waals surface area contributed by atoms with E-state index in [2.05, 4.69) is 18.6 Å². The molecular formula is C10H27FO. The van der Waals surface area contributed by atoms with E-state index < -0.39 is 6.17 Å². The Kier molecular flexibility index (Phi) is 84.1. The van der Waals surface area contributed by atoms with Gasteiger partial charge >= 0.3 is 0 Å². The second-order valence-corrected chi connectivity index (χ2v) is 2.13. The molecule has 0 atom stereocenters. The van der Waals surface area contributed by atoms with Crippen molar-refractivity contribution in [3.05, 3.63) is 0 Å². The van der Waals surface area contributed by atoms with E-state index in [1.807, 2.05) is 13.8 Å². The molecule has 0 aliphatic rings. The molecule has 0 heterocycles. The van der Waals surface area contributed by atoms with Gasteiger partial charge in [-0.1, -0.05) is 34.1 Å². The van der Waals surface area contributed by atoms with Crippen molar-refractivity contribution in [3.63, 3.8) is 0 Å². The van der Waals surface area contributed by atoms with Gasteiger partial charge in [-0.15, -0.1) is 0 Å². The first-order valence-electron chi connectivity index (χ1n) is 4.60. The maximum atomic E-state index is 11.0. The first-order chi connectivity index (χ1) is 5.56. The fraction of sp³-hybridized carbons (Fsp3) is 1.00.